The Kier molecular flexibility index (Phi) is 5.95. The van der Waals surface area contributed by atoms with Gasteiger partial charge in [-0.15, -0.1) is 0 Å². The normalized spacial score (nSPS) is 17.4. The molecule has 0 fully saturated rings. The van der Waals surface area contributed by atoms with Crippen LogP contribution in [0.3, 0.4) is 0 Å². The number of carboxylic acid groups (broad SMARTS) is 1. The summed E-state index contributed by atoms with van der Waals surface area (Å²) in [5.74, 6) is 3.22. The number of hydrogen-bond acceptors (Lipinski definition) is 4. The van der Waals surface area contributed by atoms with Crippen LogP contribution >= 0.6 is 7.60 Å². The summed E-state index contributed by atoms with van der Waals surface area (Å²) < 4.78 is 15.0. The van der Waals surface area contributed by atoms with E-state index in [1.807, 2.05) is 6.92 Å². The molecule has 14 heavy (non-hydrogen) atoms. The van der Waals surface area contributed by atoms with Crippen LogP contribution in [0.2, 0.25) is 0 Å². The highest BCUT2D eigenvalue weighted by Gasteiger charge is 2.37. The van der Waals surface area contributed by atoms with E-state index in [1.165, 1.54) is 0 Å². The molecule has 4 N–H and O–H groups in total. The van der Waals surface area contributed by atoms with E-state index < -0.39 is 19.2 Å². The lowest BCUT2D eigenvalue weighted by molar-refractivity contribution is -0.137. The van der Waals surface area contributed by atoms with Gasteiger partial charge in [0.15, 0.2) is 5.66 Å². The van der Waals surface area contributed by atoms with Crippen LogP contribution < -0.4 is 5.90 Å². The lowest BCUT2D eigenvalue weighted by Gasteiger charge is -2.16. The van der Waals surface area contributed by atoms with Crippen molar-refractivity contribution in [2.24, 2.45) is 5.90 Å². The maximum atomic E-state index is 11.1. The average Bonchev–Trinajstić information content (AvgIpc) is 2.11. The summed E-state index contributed by atoms with van der Waals surface area (Å²) in [6.45, 7) is 1.95. The van der Waals surface area contributed by atoms with Crippen LogP contribution in [0.1, 0.15) is 32.6 Å². The number of rotatable bonds is 7. The summed E-state index contributed by atoms with van der Waals surface area (Å²) in [6.07, 6.45) is 2.40. The zero-order chi connectivity index (χ0) is 11.2. The van der Waals surface area contributed by atoms with Crippen LogP contribution in [0.15, 0.2) is 0 Å². The molecule has 0 saturated carbocycles. The molecule has 2 unspecified atom stereocenters. The van der Waals surface area contributed by atoms with Crippen LogP contribution in [0, 0.1) is 0 Å². The van der Waals surface area contributed by atoms with E-state index in [2.05, 4.69) is 10.5 Å². The predicted octanol–water partition coefficient (Wildman–Crippen LogP) is 1.10. The molecule has 7 heteroatoms. The lowest BCUT2D eigenvalue weighted by Crippen LogP contribution is -2.22. The number of nitrogens with two attached hydrogens (primary N) is 1. The third-order valence-corrected chi connectivity index (χ3v) is 3.48. The Bertz CT molecular complexity index is 232. The molecule has 0 aromatic heterocycles. The predicted molar refractivity (Wildman–Crippen MR) is 50.7 cm³/mol. The molecule has 0 aliphatic carbocycles. The van der Waals surface area contributed by atoms with Crippen LogP contribution in [0.5, 0.6) is 0 Å². The minimum atomic E-state index is -4.20. The number of carbonyl (C=O) groups is 1. The molecule has 0 bridgehead atoms. The van der Waals surface area contributed by atoms with E-state index in [1.54, 1.807) is 0 Å². The van der Waals surface area contributed by atoms with Crippen LogP contribution in [-0.2, 0) is 14.0 Å². The maximum absolute atomic E-state index is 11.1. The summed E-state index contributed by atoms with van der Waals surface area (Å²) in [4.78, 5) is 19.7. The molecule has 0 amide bonds. The molecule has 0 aromatic carbocycles. The SMILES string of the molecule is CCCCCC(C(=O)O)P(=O)(O)ON. The fourth-order valence-corrected chi connectivity index (χ4v) is 2.02. The monoisotopic (exact) mass is 225 g/mol. The number of unbranched alkanes of at least 4 members (excludes halogenated alkanes) is 2. The number of hydrogen-bond donors (Lipinski definition) is 3. The smallest absolute Gasteiger partial charge is 0.358 e. The van der Waals surface area contributed by atoms with Crippen LogP contribution in [-0.4, -0.2) is 21.6 Å². The van der Waals surface area contributed by atoms with E-state index in [4.69, 9.17) is 10.00 Å². The minimum absolute atomic E-state index is 0.105. The summed E-state index contributed by atoms with van der Waals surface area (Å²) in [5.41, 5.74) is -1.42. The lowest BCUT2D eigenvalue weighted by atomic mass is 10.1. The van der Waals surface area contributed by atoms with E-state index >= 15 is 0 Å². The van der Waals surface area contributed by atoms with Gasteiger partial charge in [0.25, 0.3) is 0 Å². The first-order chi connectivity index (χ1) is 6.45. The van der Waals surface area contributed by atoms with Gasteiger partial charge in [0.05, 0.1) is 0 Å². The summed E-state index contributed by atoms with van der Waals surface area (Å²) in [6, 6.07) is 0. The van der Waals surface area contributed by atoms with Crippen molar-refractivity contribution in [3.63, 3.8) is 0 Å². The van der Waals surface area contributed by atoms with Gasteiger partial charge < -0.3 is 10.00 Å². The Balaban J connectivity index is 4.31. The largest absolute Gasteiger partial charge is 0.481 e. The van der Waals surface area contributed by atoms with Crippen molar-refractivity contribution >= 4 is 13.6 Å². The molecule has 84 valence electrons. The second-order valence-corrected chi connectivity index (χ2v) is 4.98. The third kappa shape index (κ3) is 4.19. The second-order valence-electron chi connectivity index (χ2n) is 3.02. The van der Waals surface area contributed by atoms with E-state index in [0.717, 1.165) is 12.8 Å². The summed E-state index contributed by atoms with van der Waals surface area (Å²) >= 11 is 0. The molecule has 0 radical (unpaired) electrons. The second kappa shape index (κ2) is 6.14. The first kappa shape index (κ1) is 13.6. The Morgan fingerprint density at radius 3 is 2.50 bits per heavy atom. The van der Waals surface area contributed by atoms with E-state index in [-0.39, 0.29) is 6.42 Å². The molecule has 2 atom stereocenters. The molecule has 0 spiro atoms. The molecule has 0 aliphatic heterocycles. The molecule has 0 aliphatic rings. The Morgan fingerprint density at radius 2 is 2.14 bits per heavy atom. The molecule has 0 rings (SSSR count). The van der Waals surface area contributed by atoms with Gasteiger partial charge in [0.2, 0.25) is 0 Å². The molecular formula is C7H16NO5P. The van der Waals surface area contributed by atoms with Gasteiger partial charge in [-0.2, -0.15) is 0 Å². The average molecular weight is 225 g/mol. The topological polar surface area (TPSA) is 110 Å². The van der Waals surface area contributed by atoms with Crippen molar-refractivity contribution in [3.8, 4) is 0 Å². The fraction of sp³-hybridized carbons (Fsp3) is 0.857. The Labute approximate surface area is 82.5 Å². The summed E-state index contributed by atoms with van der Waals surface area (Å²) in [5, 5.41) is 8.67. The van der Waals surface area contributed by atoms with Gasteiger partial charge in [-0.3, -0.25) is 9.36 Å². The van der Waals surface area contributed by atoms with Crippen LogP contribution in [0.4, 0.5) is 0 Å². The molecule has 0 aromatic rings. The first-order valence-corrected chi connectivity index (χ1v) is 6.04. The van der Waals surface area contributed by atoms with E-state index in [0.29, 0.717) is 6.42 Å². The van der Waals surface area contributed by atoms with Crippen molar-refractivity contribution in [2.45, 2.75) is 38.3 Å². The van der Waals surface area contributed by atoms with Gasteiger partial charge in [0, 0.05) is 0 Å². The highest BCUT2D eigenvalue weighted by molar-refractivity contribution is 7.54. The van der Waals surface area contributed by atoms with Crippen molar-refractivity contribution < 1.29 is 24.0 Å². The van der Waals surface area contributed by atoms with Crippen molar-refractivity contribution in [2.75, 3.05) is 0 Å². The zero-order valence-corrected chi connectivity index (χ0v) is 8.94. The highest BCUT2D eigenvalue weighted by atomic mass is 31.2. The number of aliphatic carboxylic acids is 1. The van der Waals surface area contributed by atoms with Crippen molar-refractivity contribution in [1.29, 1.82) is 0 Å². The molecular weight excluding hydrogens is 209 g/mol. The third-order valence-electron chi connectivity index (χ3n) is 1.91. The maximum Gasteiger partial charge on any atom is 0.358 e. The van der Waals surface area contributed by atoms with Crippen LogP contribution in [0.25, 0.3) is 0 Å². The Morgan fingerprint density at radius 1 is 1.57 bits per heavy atom. The minimum Gasteiger partial charge on any atom is -0.481 e. The Hall–Kier alpha value is -0.420. The van der Waals surface area contributed by atoms with Gasteiger partial charge in [-0.05, 0) is 6.42 Å². The van der Waals surface area contributed by atoms with Gasteiger partial charge in [0.1, 0.15) is 0 Å². The molecule has 6 nitrogen and oxygen atoms in total. The highest BCUT2D eigenvalue weighted by Crippen LogP contribution is 2.47. The van der Waals surface area contributed by atoms with E-state index in [9.17, 15) is 9.36 Å². The zero-order valence-electron chi connectivity index (χ0n) is 8.05. The van der Waals surface area contributed by atoms with Gasteiger partial charge in [-0.25, -0.2) is 10.5 Å². The standard InChI is InChI=1S/C7H16NO5P/c1-2-3-4-5-6(7(9)10)14(11,12)13-8/h6H,2-5,8H2,1H3,(H,9,10)(H,11,12). The summed E-state index contributed by atoms with van der Waals surface area (Å²) in [7, 11) is -4.20. The van der Waals surface area contributed by atoms with Gasteiger partial charge >= 0.3 is 13.6 Å². The first-order valence-electron chi connectivity index (χ1n) is 4.39. The van der Waals surface area contributed by atoms with Crippen molar-refractivity contribution in [3.05, 3.63) is 0 Å². The fourth-order valence-electron chi connectivity index (χ4n) is 1.09. The van der Waals surface area contributed by atoms with Gasteiger partial charge in [-0.1, -0.05) is 26.2 Å². The quantitative estimate of drug-likeness (QED) is 0.340. The number of carboxylic acids is 1. The molecule has 0 saturated heterocycles. The molecule has 0 heterocycles. The van der Waals surface area contributed by atoms with Crippen molar-refractivity contribution in [1.82, 2.24) is 0 Å².